The second-order valence-corrected chi connectivity index (χ2v) is 3.72. The number of nitrogens with zero attached hydrogens (tertiary/aromatic N) is 2. The van der Waals surface area contributed by atoms with Crippen LogP contribution in [0, 0.1) is 0 Å². The largest absolute Gasteiger partial charge is 0.491 e. The van der Waals surface area contributed by atoms with Crippen LogP contribution in [0.2, 0.25) is 0 Å². The Labute approximate surface area is 94.3 Å². The molecule has 1 atom stereocenters. The Morgan fingerprint density at radius 1 is 1.69 bits per heavy atom. The molecule has 1 aromatic rings. The highest BCUT2D eigenvalue weighted by Gasteiger charge is 2.30. The van der Waals surface area contributed by atoms with Crippen molar-refractivity contribution in [2.45, 2.75) is 25.9 Å². The average molecular weight is 227 g/mol. The van der Waals surface area contributed by atoms with Crippen molar-refractivity contribution in [2.24, 2.45) is 5.73 Å². The minimum absolute atomic E-state index is 0.243. The van der Waals surface area contributed by atoms with E-state index in [2.05, 4.69) is 9.84 Å². The lowest BCUT2D eigenvalue weighted by molar-refractivity contribution is -0.147. The third-order valence-electron chi connectivity index (χ3n) is 2.06. The van der Waals surface area contributed by atoms with Gasteiger partial charge in [0, 0.05) is 0 Å². The van der Waals surface area contributed by atoms with E-state index in [1.54, 1.807) is 24.0 Å². The van der Waals surface area contributed by atoms with Gasteiger partial charge in [-0.25, -0.2) is 0 Å². The minimum atomic E-state index is -1.09. The van der Waals surface area contributed by atoms with E-state index >= 15 is 0 Å². The van der Waals surface area contributed by atoms with Crippen molar-refractivity contribution in [1.29, 1.82) is 0 Å². The molecule has 0 amide bonds. The topological polar surface area (TPSA) is 79.4 Å². The first-order valence-corrected chi connectivity index (χ1v) is 5.02. The maximum Gasteiger partial charge on any atom is 0.327 e. The molecule has 0 aliphatic heterocycles. The Morgan fingerprint density at radius 3 is 2.94 bits per heavy atom. The predicted octanol–water partition coefficient (Wildman–Crippen LogP) is 0.172. The van der Waals surface area contributed by atoms with Crippen molar-refractivity contribution >= 4 is 5.97 Å². The van der Waals surface area contributed by atoms with Gasteiger partial charge in [-0.15, -0.1) is 0 Å². The first-order chi connectivity index (χ1) is 7.49. The number of esters is 1. The van der Waals surface area contributed by atoms with E-state index in [-0.39, 0.29) is 6.54 Å². The summed E-state index contributed by atoms with van der Waals surface area (Å²) in [5, 5.41) is 4.04. The lowest BCUT2D eigenvalue weighted by Gasteiger charge is -2.20. The van der Waals surface area contributed by atoms with E-state index in [0.29, 0.717) is 12.4 Å². The van der Waals surface area contributed by atoms with Gasteiger partial charge in [-0.05, 0) is 13.8 Å². The van der Waals surface area contributed by atoms with Gasteiger partial charge in [0.25, 0.3) is 0 Å². The lowest BCUT2D eigenvalue weighted by atomic mass is 10.1. The molecule has 0 aliphatic carbocycles. The molecule has 1 unspecified atom stereocenters. The summed E-state index contributed by atoms with van der Waals surface area (Å²) in [6.07, 6.45) is 3.27. The number of carbonyl (C=O) groups excluding carboxylic acids is 1. The molecule has 0 saturated heterocycles. The van der Waals surface area contributed by atoms with Gasteiger partial charge in [-0.2, -0.15) is 5.10 Å². The first-order valence-electron chi connectivity index (χ1n) is 5.02. The minimum Gasteiger partial charge on any atom is -0.491 e. The normalized spacial score (nSPS) is 14.2. The Hall–Kier alpha value is -1.56. The second-order valence-electron chi connectivity index (χ2n) is 3.72. The van der Waals surface area contributed by atoms with Crippen LogP contribution in [-0.4, -0.2) is 35.0 Å². The first kappa shape index (κ1) is 12.5. The Balaban J connectivity index is 2.68. The summed E-state index contributed by atoms with van der Waals surface area (Å²) in [7, 11) is 1.31. The molecule has 0 aromatic carbocycles. The molecule has 1 aromatic heterocycles. The van der Waals surface area contributed by atoms with Crippen LogP contribution < -0.4 is 10.5 Å². The van der Waals surface area contributed by atoms with Crippen molar-refractivity contribution in [3.8, 4) is 5.75 Å². The van der Waals surface area contributed by atoms with Crippen LogP contribution in [0.1, 0.15) is 13.8 Å². The van der Waals surface area contributed by atoms with Crippen LogP contribution in [0.5, 0.6) is 5.75 Å². The monoisotopic (exact) mass is 227 g/mol. The van der Waals surface area contributed by atoms with E-state index < -0.39 is 11.5 Å². The van der Waals surface area contributed by atoms with Gasteiger partial charge in [-0.1, -0.05) is 0 Å². The van der Waals surface area contributed by atoms with Gasteiger partial charge in [-0.3, -0.25) is 9.48 Å². The number of ether oxygens (including phenoxy) is 2. The van der Waals surface area contributed by atoms with Crippen LogP contribution >= 0.6 is 0 Å². The van der Waals surface area contributed by atoms with E-state index in [1.165, 1.54) is 7.11 Å². The SMILES string of the molecule is CCOc1cnn(CC(C)(N)C(=O)OC)c1. The highest BCUT2D eigenvalue weighted by Crippen LogP contribution is 2.11. The number of carbonyl (C=O) groups is 1. The molecule has 0 aliphatic rings. The highest BCUT2D eigenvalue weighted by atomic mass is 16.5. The maximum atomic E-state index is 11.4. The number of hydrogen-bond donors (Lipinski definition) is 1. The van der Waals surface area contributed by atoms with E-state index in [0.717, 1.165) is 0 Å². The number of methoxy groups -OCH3 is 1. The molecule has 1 rings (SSSR count). The molecular weight excluding hydrogens is 210 g/mol. The number of hydrogen-bond acceptors (Lipinski definition) is 5. The van der Waals surface area contributed by atoms with Crippen LogP contribution in [-0.2, 0) is 16.1 Å². The van der Waals surface area contributed by atoms with E-state index in [9.17, 15) is 4.79 Å². The molecule has 1 heterocycles. The van der Waals surface area contributed by atoms with Crippen LogP contribution in [0.25, 0.3) is 0 Å². The molecular formula is C10H17N3O3. The van der Waals surface area contributed by atoms with Gasteiger partial charge < -0.3 is 15.2 Å². The van der Waals surface area contributed by atoms with Crippen molar-refractivity contribution in [3.63, 3.8) is 0 Å². The second kappa shape index (κ2) is 4.98. The molecule has 0 bridgehead atoms. The third kappa shape index (κ3) is 2.96. The molecule has 6 nitrogen and oxygen atoms in total. The Bertz CT molecular complexity index is 360. The average Bonchev–Trinajstić information content (AvgIpc) is 2.64. The number of aromatic nitrogens is 2. The third-order valence-corrected chi connectivity index (χ3v) is 2.06. The number of nitrogens with two attached hydrogens (primary N) is 1. The number of rotatable bonds is 5. The molecule has 0 spiro atoms. The van der Waals surface area contributed by atoms with Gasteiger partial charge in [0.2, 0.25) is 0 Å². The van der Waals surface area contributed by atoms with Crippen molar-refractivity contribution in [3.05, 3.63) is 12.4 Å². The highest BCUT2D eigenvalue weighted by molar-refractivity contribution is 5.79. The summed E-state index contributed by atoms with van der Waals surface area (Å²) >= 11 is 0. The van der Waals surface area contributed by atoms with E-state index in [4.69, 9.17) is 10.5 Å². The van der Waals surface area contributed by atoms with Gasteiger partial charge in [0.15, 0.2) is 5.75 Å². The summed E-state index contributed by atoms with van der Waals surface area (Å²) < 4.78 is 11.4. The molecule has 90 valence electrons. The van der Waals surface area contributed by atoms with Crippen molar-refractivity contribution in [2.75, 3.05) is 13.7 Å². The standard InChI is InChI=1S/C10H17N3O3/c1-4-16-8-5-12-13(6-8)7-10(2,11)9(14)15-3/h5-6H,4,7,11H2,1-3H3. The predicted molar refractivity (Wildman–Crippen MR) is 58.0 cm³/mol. The van der Waals surface area contributed by atoms with Crippen LogP contribution in [0.15, 0.2) is 12.4 Å². The molecule has 0 radical (unpaired) electrons. The zero-order valence-corrected chi connectivity index (χ0v) is 9.77. The fourth-order valence-corrected chi connectivity index (χ4v) is 1.31. The fraction of sp³-hybridized carbons (Fsp3) is 0.600. The smallest absolute Gasteiger partial charge is 0.327 e. The molecule has 16 heavy (non-hydrogen) atoms. The van der Waals surface area contributed by atoms with Crippen LogP contribution in [0.4, 0.5) is 0 Å². The zero-order chi connectivity index (χ0) is 12.2. The van der Waals surface area contributed by atoms with Crippen molar-refractivity contribution < 1.29 is 14.3 Å². The maximum absolute atomic E-state index is 11.4. The van der Waals surface area contributed by atoms with Gasteiger partial charge in [0.05, 0.1) is 32.7 Å². The summed E-state index contributed by atoms with van der Waals surface area (Å²) in [4.78, 5) is 11.4. The quantitative estimate of drug-likeness (QED) is 0.725. The summed E-state index contributed by atoms with van der Waals surface area (Å²) in [6, 6.07) is 0. The Morgan fingerprint density at radius 2 is 2.38 bits per heavy atom. The molecule has 0 saturated carbocycles. The summed E-state index contributed by atoms with van der Waals surface area (Å²) in [5.41, 5.74) is 4.72. The van der Waals surface area contributed by atoms with Gasteiger partial charge in [0.1, 0.15) is 5.54 Å². The summed E-state index contributed by atoms with van der Waals surface area (Å²) in [6.45, 7) is 4.30. The van der Waals surface area contributed by atoms with Crippen molar-refractivity contribution in [1.82, 2.24) is 9.78 Å². The fourth-order valence-electron chi connectivity index (χ4n) is 1.31. The lowest BCUT2D eigenvalue weighted by Crippen LogP contribution is -2.49. The zero-order valence-electron chi connectivity index (χ0n) is 9.77. The van der Waals surface area contributed by atoms with Gasteiger partial charge >= 0.3 is 5.97 Å². The molecule has 2 N–H and O–H groups in total. The molecule has 6 heteroatoms. The molecule has 0 fully saturated rings. The van der Waals surface area contributed by atoms with E-state index in [1.807, 2.05) is 6.92 Å². The summed E-state index contributed by atoms with van der Waals surface area (Å²) in [5.74, 6) is 0.184. The van der Waals surface area contributed by atoms with Crippen LogP contribution in [0.3, 0.4) is 0 Å². The Kier molecular flexibility index (Phi) is 3.89.